The fourth-order valence-corrected chi connectivity index (χ4v) is 7.54. The molecular weight excluding hydrogens is 676 g/mol. The molecule has 1 aromatic heterocycles. The number of rotatable bonds is 10. The minimum Gasteiger partial charge on any atom is -0.490 e. The minimum atomic E-state index is -1.96. The molecule has 1 saturated heterocycles. The molecule has 1 aromatic carbocycles. The van der Waals surface area contributed by atoms with Crippen LogP contribution in [0, 0.1) is 18.3 Å². The number of benzene rings is 1. The maximum absolute atomic E-state index is 14.6. The molecule has 3 amide bonds. The SMILES string of the molecule is Cc1ncsc1-c1ccc(CNC(=O)[C@@H]2C[C@@H](O)CN2C(=O)[C@@H](NC(=O)C2(F)CC2)C(C)(C)C)c(OC2CCCC(C(=O)OC(C)(C)C)CC2)c1. The van der Waals surface area contributed by atoms with Gasteiger partial charge < -0.3 is 30.1 Å². The molecule has 2 unspecified atom stereocenters. The van der Waals surface area contributed by atoms with Crippen LogP contribution in [0.25, 0.3) is 10.4 Å². The third-order valence-corrected chi connectivity index (χ3v) is 10.8. The Hall–Kier alpha value is -3.58. The first kappa shape index (κ1) is 38.6. The number of nitrogens with zero attached hydrogens (tertiary/aromatic N) is 2. The third kappa shape index (κ3) is 9.65. The van der Waals surface area contributed by atoms with Crippen molar-refractivity contribution in [3.8, 4) is 16.2 Å². The standard InChI is InChI=1S/C38H53FN4O7S/c1-22-30(51-21-41-22)24-11-12-25(29(17-24)49-27-10-8-9-23(13-14-27)34(47)50-37(5,6)7)19-40-32(45)28-18-26(44)20-43(28)33(46)31(36(2,3)4)42-35(48)38(39)15-16-38/h11-12,17,21,23,26-28,31,44H,8-10,13-16,18-20H2,1-7H3,(H,40,45)(H,42,48)/t23?,26-,27?,28+,31-/m1/s1. The summed E-state index contributed by atoms with van der Waals surface area (Å²) in [5.41, 5.74) is 1.08. The lowest BCUT2D eigenvalue weighted by atomic mass is 9.85. The maximum atomic E-state index is 14.6. The van der Waals surface area contributed by atoms with Gasteiger partial charge in [0, 0.05) is 25.1 Å². The van der Waals surface area contributed by atoms with E-state index in [1.165, 1.54) is 16.2 Å². The number of ether oxygens (including phenoxy) is 2. The summed E-state index contributed by atoms with van der Waals surface area (Å²) in [6.45, 7) is 12.9. The number of aliphatic hydroxyl groups is 1. The van der Waals surface area contributed by atoms with Crippen molar-refractivity contribution in [2.75, 3.05) is 6.54 Å². The molecule has 11 nitrogen and oxygen atoms in total. The average molecular weight is 729 g/mol. The van der Waals surface area contributed by atoms with E-state index in [-0.39, 0.29) is 50.3 Å². The van der Waals surface area contributed by atoms with Gasteiger partial charge in [-0.25, -0.2) is 9.37 Å². The Labute approximate surface area is 304 Å². The Balaban J connectivity index is 1.31. The van der Waals surface area contributed by atoms with Crippen LogP contribution in [0.4, 0.5) is 4.39 Å². The van der Waals surface area contributed by atoms with Gasteiger partial charge in [0.2, 0.25) is 11.8 Å². The summed E-state index contributed by atoms with van der Waals surface area (Å²) in [6.07, 6.45) is 2.80. The van der Waals surface area contributed by atoms with Gasteiger partial charge in [-0.2, -0.15) is 0 Å². The third-order valence-electron chi connectivity index (χ3n) is 9.83. The number of aryl methyl sites for hydroxylation is 1. The molecule has 3 fully saturated rings. The summed E-state index contributed by atoms with van der Waals surface area (Å²) in [6, 6.07) is 3.76. The molecule has 280 valence electrons. The van der Waals surface area contributed by atoms with Crippen LogP contribution >= 0.6 is 11.3 Å². The van der Waals surface area contributed by atoms with Crippen LogP contribution in [0.1, 0.15) is 104 Å². The monoisotopic (exact) mass is 728 g/mol. The van der Waals surface area contributed by atoms with E-state index in [9.17, 15) is 28.7 Å². The molecule has 0 radical (unpaired) electrons. The van der Waals surface area contributed by atoms with Crippen molar-refractivity contribution in [3.05, 3.63) is 35.0 Å². The van der Waals surface area contributed by atoms with E-state index in [2.05, 4.69) is 15.6 Å². The largest absolute Gasteiger partial charge is 0.490 e. The lowest BCUT2D eigenvalue weighted by Crippen LogP contribution is -2.59. The summed E-state index contributed by atoms with van der Waals surface area (Å²) in [5.74, 6) is -1.57. The van der Waals surface area contributed by atoms with E-state index >= 15 is 0 Å². The van der Waals surface area contributed by atoms with Crippen LogP contribution in [0.3, 0.4) is 0 Å². The van der Waals surface area contributed by atoms with Crippen LogP contribution in [0.5, 0.6) is 5.75 Å². The van der Waals surface area contributed by atoms with Crippen molar-refractivity contribution in [2.45, 2.75) is 142 Å². The van der Waals surface area contributed by atoms with Crippen LogP contribution in [0.15, 0.2) is 23.7 Å². The molecule has 0 bridgehead atoms. The highest BCUT2D eigenvalue weighted by Crippen LogP contribution is 2.41. The molecule has 2 aromatic rings. The molecule has 5 rings (SSSR count). The zero-order chi connectivity index (χ0) is 37.3. The molecule has 13 heteroatoms. The number of hydrogen-bond acceptors (Lipinski definition) is 9. The molecule has 0 spiro atoms. The summed E-state index contributed by atoms with van der Waals surface area (Å²) < 4.78 is 26.9. The zero-order valence-corrected chi connectivity index (χ0v) is 31.7. The van der Waals surface area contributed by atoms with Gasteiger partial charge in [0.05, 0.1) is 34.2 Å². The Morgan fingerprint density at radius 2 is 1.82 bits per heavy atom. The number of aromatic nitrogens is 1. The van der Waals surface area contributed by atoms with Gasteiger partial charge in [0.25, 0.3) is 5.91 Å². The molecule has 2 aliphatic carbocycles. The number of thiazole rings is 1. The number of alkyl halides is 1. The van der Waals surface area contributed by atoms with E-state index in [1.807, 2.05) is 45.9 Å². The second-order valence-corrected chi connectivity index (χ2v) is 17.3. The molecule has 2 heterocycles. The smallest absolute Gasteiger partial charge is 0.309 e. The summed E-state index contributed by atoms with van der Waals surface area (Å²) in [4.78, 5) is 59.8. The highest BCUT2D eigenvalue weighted by atomic mass is 32.1. The molecular formula is C38H53FN4O7S. The number of carbonyl (C=O) groups excluding carboxylic acids is 4. The molecule has 5 atom stereocenters. The lowest BCUT2D eigenvalue weighted by molar-refractivity contribution is -0.160. The Bertz CT molecular complexity index is 1610. The highest BCUT2D eigenvalue weighted by Gasteiger charge is 2.53. The van der Waals surface area contributed by atoms with Crippen LogP contribution in [0.2, 0.25) is 0 Å². The van der Waals surface area contributed by atoms with Crippen LogP contribution < -0.4 is 15.4 Å². The molecule has 3 aliphatic rings. The van der Waals surface area contributed by atoms with Gasteiger partial charge >= 0.3 is 5.97 Å². The van der Waals surface area contributed by atoms with Crippen molar-refractivity contribution < 1.29 is 38.1 Å². The normalized spacial score (nSPS) is 23.9. The van der Waals surface area contributed by atoms with Gasteiger partial charge in [-0.1, -0.05) is 32.9 Å². The number of aliphatic hydroxyl groups excluding tert-OH is 1. The van der Waals surface area contributed by atoms with Crippen LogP contribution in [-0.4, -0.2) is 80.8 Å². The van der Waals surface area contributed by atoms with E-state index < -0.39 is 52.6 Å². The Morgan fingerprint density at radius 3 is 2.45 bits per heavy atom. The highest BCUT2D eigenvalue weighted by molar-refractivity contribution is 7.13. The van der Waals surface area contributed by atoms with E-state index in [4.69, 9.17) is 9.47 Å². The first-order valence-corrected chi connectivity index (χ1v) is 18.9. The van der Waals surface area contributed by atoms with Crippen molar-refractivity contribution >= 4 is 35.0 Å². The number of esters is 1. The van der Waals surface area contributed by atoms with Gasteiger partial charge in [-0.15, -0.1) is 11.3 Å². The van der Waals surface area contributed by atoms with Gasteiger partial charge in [-0.3, -0.25) is 19.2 Å². The average Bonchev–Trinajstić information content (AvgIpc) is 3.56. The minimum absolute atomic E-state index is 0.0310. The fraction of sp³-hybridized carbons (Fsp3) is 0.658. The first-order valence-electron chi connectivity index (χ1n) is 18.0. The number of amides is 3. The number of β-amino-alcohol motifs (C(OH)–C–C–N with tert-alkyl or cyclic N) is 1. The topological polar surface area (TPSA) is 147 Å². The Morgan fingerprint density at radius 1 is 1.10 bits per heavy atom. The van der Waals surface area contributed by atoms with Crippen molar-refractivity contribution in [3.63, 3.8) is 0 Å². The Kier molecular flexibility index (Phi) is 11.5. The molecule has 2 saturated carbocycles. The predicted octanol–water partition coefficient (Wildman–Crippen LogP) is 5.40. The maximum Gasteiger partial charge on any atom is 0.309 e. The van der Waals surface area contributed by atoms with Crippen molar-refractivity contribution in [2.24, 2.45) is 11.3 Å². The van der Waals surface area contributed by atoms with E-state index in [0.717, 1.165) is 41.0 Å². The van der Waals surface area contributed by atoms with Crippen molar-refractivity contribution in [1.82, 2.24) is 20.5 Å². The summed E-state index contributed by atoms with van der Waals surface area (Å²) >= 11 is 1.53. The predicted molar refractivity (Wildman–Crippen MR) is 192 cm³/mol. The summed E-state index contributed by atoms with van der Waals surface area (Å²) in [5, 5.41) is 16.1. The molecule has 51 heavy (non-hydrogen) atoms. The first-order chi connectivity index (χ1) is 23.8. The lowest BCUT2D eigenvalue weighted by Gasteiger charge is -2.35. The zero-order valence-electron chi connectivity index (χ0n) is 30.8. The number of hydrogen-bond donors (Lipinski definition) is 3. The second kappa shape index (κ2) is 15.2. The molecule has 1 aliphatic heterocycles. The summed E-state index contributed by atoms with van der Waals surface area (Å²) in [7, 11) is 0. The number of likely N-dealkylation sites (tertiary alicyclic amines) is 1. The van der Waals surface area contributed by atoms with Gasteiger partial charge in [-0.05, 0) is 89.7 Å². The quantitative estimate of drug-likeness (QED) is 0.218. The van der Waals surface area contributed by atoms with E-state index in [0.29, 0.717) is 18.6 Å². The number of carbonyl (C=O) groups is 4. The molecule has 3 N–H and O–H groups in total. The van der Waals surface area contributed by atoms with Gasteiger partial charge in [0.15, 0.2) is 5.67 Å². The van der Waals surface area contributed by atoms with E-state index in [1.54, 1.807) is 26.3 Å². The van der Waals surface area contributed by atoms with Gasteiger partial charge in [0.1, 0.15) is 23.4 Å². The van der Waals surface area contributed by atoms with Crippen LogP contribution in [-0.2, 0) is 30.5 Å². The number of nitrogens with one attached hydrogen (secondary N) is 2. The number of halogens is 1. The second-order valence-electron chi connectivity index (χ2n) is 16.4. The van der Waals surface area contributed by atoms with Crippen molar-refractivity contribution in [1.29, 1.82) is 0 Å². The fourth-order valence-electron chi connectivity index (χ4n) is 6.73.